The van der Waals surface area contributed by atoms with Crippen molar-refractivity contribution in [2.24, 2.45) is 0 Å². The average Bonchev–Trinajstić information content (AvgIpc) is 1.76. The Kier molecular flexibility index (Phi) is 4.93. The molecule has 0 rings (SSSR count). The summed E-state index contributed by atoms with van der Waals surface area (Å²) in [5, 5.41) is 0. The van der Waals surface area contributed by atoms with E-state index in [4.69, 9.17) is 8.54 Å². The summed E-state index contributed by atoms with van der Waals surface area (Å²) >= 11 is 0. The minimum Gasteiger partial charge on any atom is -0.455 e. The van der Waals surface area contributed by atoms with Crippen LogP contribution in [-0.2, 0) is 8.54 Å². The molecule has 2 nitrogen and oxygen atoms in total. The summed E-state index contributed by atoms with van der Waals surface area (Å²) < 4.78 is 11.4. The van der Waals surface area contributed by atoms with Crippen LogP contribution in [0.15, 0.2) is 0 Å². The molecule has 0 spiro atoms. The number of rotatable bonds is 5. The van der Waals surface area contributed by atoms with Crippen LogP contribution in [0.25, 0.3) is 0 Å². The van der Waals surface area contributed by atoms with Crippen molar-refractivity contribution in [1.29, 1.82) is 0 Å². The molecular weight excluding hydrogens is 200 g/mol. The Morgan fingerprint density at radius 1 is 0.917 bits per heavy atom. The highest BCUT2D eigenvalue weighted by atomic mass is 28.4. The topological polar surface area (TPSA) is 18.5 Å². The van der Waals surface area contributed by atoms with Crippen LogP contribution in [0.5, 0.6) is 0 Å². The van der Waals surface area contributed by atoms with Crippen LogP contribution in [-0.4, -0.2) is 32.6 Å². The quantitative estimate of drug-likeness (QED) is 0.523. The molecule has 0 unspecified atom stereocenters. The summed E-state index contributed by atoms with van der Waals surface area (Å²) in [6, 6.07) is 0. The van der Waals surface area contributed by atoms with E-state index in [0.717, 1.165) is 6.23 Å². The smallest absolute Gasteiger partial charge is 0.243 e. The number of hydrogen-bond acceptors (Lipinski definition) is 2. The van der Waals surface area contributed by atoms with Gasteiger partial charge in [-0.05, 0) is 39.3 Å². The molecule has 0 N–H and O–H groups in total. The third-order valence-corrected chi connectivity index (χ3v) is 5.53. The molecule has 0 saturated carbocycles. The van der Waals surface area contributed by atoms with E-state index in [1.165, 1.54) is 0 Å². The highest BCUT2D eigenvalue weighted by Gasteiger charge is 2.17. The Bertz CT molecular complexity index is 110. The maximum atomic E-state index is 5.69. The fourth-order valence-electron chi connectivity index (χ4n) is 0.492. The van der Waals surface area contributed by atoms with Crippen LogP contribution in [0.2, 0.25) is 39.3 Å². The standard InChI is InChI=1S/C7H20O2Si3/c1-11(2,3)8-7-10-9-12(4,5)6/h7H2,1-6H3. The van der Waals surface area contributed by atoms with Crippen LogP contribution in [0, 0.1) is 0 Å². The fourth-order valence-corrected chi connectivity index (χ4v) is 4.43. The van der Waals surface area contributed by atoms with Gasteiger partial charge in [-0.1, -0.05) is 0 Å². The first-order chi connectivity index (χ1) is 5.21. The van der Waals surface area contributed by atoms with Gasteiger partial charge in [0.2, 0.25) is 9.76 Å². The maximum absolute atomic E-state index is 5.69. The van der Waals surface area contributed by atoms with Gasteiger partial charge < -0.3 is 8.54 Å². The first-order valence-electron chi connectivity index (χ1n) is 4.25. The molecule has 0 aromatic heterocycles. The van der Waals surface area contributed by atoms with Crippen molar-refractivity contribution in [3.05, 3.63) is 0 Å². The Balaban J connectivity index is 3.35. The molecule has 0 amide bonds. The fraction of sp³-hybridized carbons (Fsp3) is 1.00. The second-order valence-electron chi connectivity index (χ2n) is 4.76. The molecular formula is C7H20O2Si3. The monoisotopic (exact) mass is 220 g/mol. The molecule has 0 aliphatic heterocycles. The van der Waals surface area contributed by atoms with E-state index in [1.54, 1.807) is 0 Å². The molecule has 0 aliphatic rings. The molecule has 72 valence electrons. The van der Waals surface area contributed by atoms with Crippen molar-refractivity contribution in [3.63, 3.8) is 0 Å². The first-order valence-corrected chi connectivity index (χ1v) is 12.2. The van der Waals surface area contributed by atoms with Gasteiger partial charge in [-0.3, -0.25) is 0 Å². The summed E-state index contributed by atoms with van der Waals surface area (Å²) in [6.45, 7) is 13.2. The van der Waals surface area contributed by atoms with Gasteiger partial charge in [-0.15, -0.1) is 0 Å². The molecule has 0 fully saturated rings. The van der Waals surface area contributed by atoms with Crippen molar-refractivity contribution < 1.29 is 8.54 Å². The Morgan fingerprint density at radius 2 is 1.42 bits per heavy atom. The van der Waals surface area contributed by atoms with Crippen molar-refractivity contribution >= 4 is 26.4 Å². The van der Waals surface area contributed by atoms with Gasteiger partial charge in [0.1, 0.15) is 0 Å². The zero-order valence-corrected chi connectivity index (χ0v) is 12.0. The summed E-state index contributed by atoms with van der Waals surface area (Å²) in [5.74, 6) is 0. The van der Waals surface area contributed by atoms with Crippen LogP contribution in [0.3, 0.4) is 0 Å². The molecule has 12 heavy (non-hydrogen) atoms. The lowest BCUT2D eigenvalue weighted by Crippen LogP contribution is -2.33. The van der Waals surface area contributed by atoms with Crippen LogP contribution in [0.1, 0.15) is 0 Å². The lowest BCUT2D eigenvalue weighted by atomic mass is 11.7. The van der Waals surface area contributed by atoms with Gasteiger partial charge in [-0.25, -0.2) is 0 Å². The highest BCUT2D eigenvalue weighted by molar-refractivity contribution is 6.74. The minimum atomic E-state index is -1.31. The van der Waals surface area contributed by atoms with E-state index in [1.807, 2.05) is 0 Å². The van der Waals surface area contributed by atoms with Gasteiger partial charge in [-0.2, -0.15) is 0 Å². The summed E-state index contributed by atoms with van der Waals surface area (Å²) in [5.41, 5.74) is 0. The van der Waals surface area contributed by atoms with E-state index >= 15 is 0 Å². The third-order valence-electron chi connectivity index (χ3n) is 0.942. The molecule has 0 saturated heterocycles. The van der Waals surface area contributed by atoms with Gasteiger partial charge in [0.15, 0.2) is 16.6 Å². The molecule has 0 bridgehead atoms. The molecule has 0 aliphatic carbocycles. The maximum Gasteiger partial charge on any atom is 0.243 e. The van der Waals surface area contributed by atoms with E-state index in [-0.39, 0.29) is 0 Å². The molecule has 0 aromatic rings. The van der Waals surface area contributed by atoms with Crippen molar-refractivity contribution in [2.75, 3.05) is 6.23 Å². The molecule has 0 heterocycles. The zero-order valence-electron chi connectivity index (χ0n) is 9.02. The lowest BCUT2D eigenvalue weighted by molar-refractivity contribution is 0.363. The molecule has 0 atom stereocenters. The lowest BCUT2D eigenvalue weighted by Gasteiger charge is -2.20. The van der Waals surface area contributed by atoms with E-state index in [9.17, 15) is 0 Å². The van der Waals surface area contributed by atoms with Gasteiger partial charge in [0.25, 0.3) is 0 Å². The molecule has 5 heteroatoms. The minimum absolute atomic E-state index is 0.531. The zero-order chi connectivity index (χ0) is 9.83. The molecule has 2 radical (unpaired) electrons. The molecule has 0 aromatic carbocycles. The summed E-state index contributed by atoms with van der Waals surface area (Å²) in [7, 11) is -2.09. The van der Waals surface area contributed by atoms with E-state index in [0.29, 0.717) is 9.76 Å². The highest BCUT2D eigenvalue weighted by Crippen LogP contribution is 2.03. The predicted molar refractivity (Wildman–Crippen MR) is 59.5 cm³/mol. The van der Waals surface area contributed by atoms with Crippen LogP contribution < -0.4 is 0 Å². The Labute approximate surface area is 80.9 Å². The Morgan fingerprint density at radius 3 is 1.75 bits per heavy atom. The average molecular weight is 220 g/mol. The van der Waals surface area contributed by atoms with Crippen LogP contribution >= 0.6 is 0 Å². The second-order valence-corrected chi connectivity index (χ2v) is 14.9. The van der Waals surface area contributed by atoms with Crippen molar-refractivity contribution in [3.8, 4) is 0 Å². The second kappa shape index (κ2) is 4.71. The van der Waals surface area contributed by atoms with Crippen molar-refractivity contribution in [2.45, 2.75) is 39.3 Å². The predicted octanol–water partition coefficient (Wildman–Crippen LogP) is 2.27. The SMILES string of the molecule is C[Si](C)(C)OC[Si]O[Si](C)(C)C. The first kappa shape index (κ1) is 12.6. The van der Waals surface area contributed by atoms with E-state index < -0.39 is 16.6 Å². The number of hydrogen-bond donors (Lipinski definition) is 0. The normalized spacial score (nSPS) is 13.5. The summed E-state index contributed by atoms with van der Waals surface area (Å²) in [6.07, 6.45) is 0.792. The van der Waals surface area contributed by atoms with Crippen LogP contribution in [0.4, 0.5) is 0 Å². The van der Waals surface area contributed by atoms with Gasteiger partial charge in [0, 0.05) is 0 Å². The Hall–Kier alpha value is 0.571. The van der Waals surface area contributed by atoms with Gasteiger partial charge in [0.05, 0.1) is 6.23 Å². The largest absolute Gasteiger partial charge is 0.455 e. The summed E-state index contributed by atoms with van der Waals surface area (Å²) in [4.78, 5) is 0. The third kappa shape index (κ3) is 10.6. The van der Waals surface area contributed by atoms with Gasteiger partial charge >= 0.3 is 0 Å². The van der Waals surface area contributed by atoms with E-state index in [2.05, 4.69) is 39.3 Å². The van der Waals surface area contributed by atoms with Crippen molar-refractivity contribution in [1.82, 2.24) is 0 Å².